The van der Waals surface area contributed by atoms with Crippen LogP contribution in [0.2, 0.25) is 0 Å². The standard InChI is InChI=1S/C22H15F3N4O3/c23-12-2-3-16(14(24)10-12)29-22(31)19(20(26)30)11-1-4-18(15(25)9-11)32-17-6-8-28-21-13(17)5-7-27-21/h1-10,19H,(H2,26,30)(H,27,28)(H,29,31). The molecule has 7 nitrogen and oxygen atoms in total. The Morgan fingerprint density at radius 1 is 1.00 bits per heavy atom. The van der Waals surface area contributed by atoms with Gasteiger partial charge in [-0.05, 0) is 42.0 Å². The lowest BCUT2D eigenvalue weighted by molar-refractivity contribution is -0.127. The average Bonchev–Trinajstić information content (AvgIpc) is 3.22. The van der Waals surface area contributed by atoms with Gasteiger partial charge in [0.05, 0.1) is 11.1 Å². The summed E-state index contributed by atoms with van der Waals surface area (Å²) in [4.78, 5) is 31.5. The Hall–Kier alpha value is -4.34. The monoisotopic (exact) mass is 440 g/mol. The van der Waals surface area contributed by atoms with Crippen LogP contribution in [-0.2, 0) is 9.59 Å². The van der Waals surface area contributed by atoms with Crippen molar-refractivity contribution in [1.82, 2.24) is 9.97 Å². The highest BCUT2D eigenvalue weighted by molar-refractivity contribution is 6.10. The van der Waals surface area contributed by atoms with Crippen LogP contribution in [0.5, 0.6) is 11.5 Å². The fourth-order valence-corrected chi connectivity index (χ4v) is 3.16. The number of hydrogen-bond donors (Lipinski definition) is 3. The van der Waals surface area contributed by atoms with Gasteiger partial charge in [0.2, 0.25) is 11.8 Å². The van der Waals surface area contributed by atoms with Crippen molar-refractivity contribution in [1.29, 1.82) is 0 Å². The van der Waals surface area contributed by atoms with Crippen molar-refractivity contribution in [2.24, 2.45) is 5.73 Å². The highest BCUT2D eigenvalue weighted by Crippen LogP contribution is 2.32. The molecule has 2 aromatic heterocycles. The molecular weight excluding hydrogens is 425 g/mol. The number of nitrogens with two attached hydrogens (primary N) is 1. The van der Waals surface area contributed by atoms with Crippen molar-refractivity contribution >= 4 is 28.5 Å². The van der Waals surface area contributed by atoms with Gasteiger partial charge in [-0.3, -0.25) is 9.59 Å². The molecular formula is C22H15F3N4O3. The van der Waals surface area contributed by atoms with E-state index in [1.165, 1.54) is 18.3 Å². The summed E-state index contributed by atoms with van der Waals surface area (Å²) >= 11 is 0. The van der Waals surface area contributed by atoms with Crippen LogP contribution in [0, 0.1) is 17.5 Å². The number of aromatic amines is 1. The number of pyridine rings is 1. The zero-order valence-electron chi connectivity index (χ0n) is 16.2. The number of amides is 2. The number of carbonyl (C=O) groups is 2. The topological polar surface area (TPSA) is 110 Å². The Morgan fingerprint density at radius 3 is 2.53 bits per heavy atom. The molecule has 0 aliphatic rings. The number of rotatable bonds is 6. The molecule has 0 saturated heterocycles. The molecule has 2 amide bonds. The van der Waals surface area contributed by atoms with Gasteiger partial charge in [-0.15, -0.1) is 0 Å². The Kier molecular flexibility index (Phi) is 5.50. The maximum absolute atomic E-state index is 14.8. The molecule has 0 saturated carbocycles. The molecule has 1 unspecified atom stereocenters. The quantitative estimate of drug-likeness (QED) is 0.394. The van der Waals surface area contributed by atoms with Gasteiger partial charge < -0.3 is 20.8 Å². The van der Waals surface area contributed by atoms with Crippen LogP contribution in [0.25, 0.3) is 11.0 Å². The molecule has 1 atom stereocenters. The summed E-state index contributed by atoms with van der Waals surface area (Å²) in [6.45, 7) is 0. The molecule has 10 heteroatoms. The third-order valence-electron chi connectivity index (χ3n) is 4.67. The molecule has 4 N–H and O–H groups in total. The number of benzene rings is 2. The number of carbonyl (C=O) groups excluding carboxylic acids is 2. The van der Waals surface area contributed by atoms with Crippen molar-refractivity contribution in [3.05, 3.63) is 83.9 Å². The number of halogens is 3. The first kappa shape index (κ1) is 20.9. The maximum atomic E-state index is 14.8. The molecule has 162 valence electrons. The fraction of sp³-hybridized carbons (Fsp3) is 0.0455. The Bertz CT molecular complexity index is 1340. The van der Waals surface area contributed by atoms with E-state index in [4.69, 9.17) is 10.5 Å². The molecule has 2 heterocycles. The molecule has 4 aromatic rings. The van der Waals surface area contributed by atoms with Crippen LogP contribution in [0.4, 0.5) is 18.9 Å². The number of nitrogens with one attached hydrogen (secondary N) is 2. The Morgan fingerprint density at radius 2 is 1.81 bits per heavy atom. The van der Waals surface area contributed by atoms with E-state index in [2.05, 4.69) is 15.3 Å². The Balaban J connectivity index is 1.59. The van der Waals surface area contributed by atoms with E-state index in [9.17, 15) is 22.8 Å². The van der Waals surface area contributed by atoms with Gasteiger partial charge in [-0.2, -0.15) is 0 Å². The SMILES string of the molecule is NC(=O)C(C(=O)Nc1ccc(F)cc1F)c1ccc(Oc2ccnc3[nH]ccc23)c(F)c1. The molecule has 2 aromatic carbocycles. The first-order valence-corrected chi connectivity index (χ1v) is 9.28. The van der Waals surface area contributed by atoms with Crippen LogP contribution in [0.1, 0.15) is 11.5 Å². The van der Waals surface area contributed by atoms with E-state index in [1.54, 1.807) is 18.3 Å². The largest absolute Gasteiger partial charge is 0.453 e. The van der Waals surface area contributed by atoms with Crippen molar-refractivity contribution in [3.8, 4) is 11.5 Å². The minimum absolute atomic E-state index is 0.0658. The third kappa shape index (κ3) is 4.10. The number of nitrogens with zero attached hydrogens (tertiary/aromatic N) is 1. The molecule has 32 heavy (non-hydrogen) atoms. The number of primary amides is 1. The molecule has 4 rings (SSSR count). The van der Waals surface area contributed by atoms with E-state index < -0.39 is 35.2 Å². The average molecular weight is 440 g/mol. The normalized spacial score (nSPS) is 11.8. The van der Waals surface area contributed by atoms with Gasteiger partial charge in [0, 0.05) is 18.5 Å². The van der Waals surface area contributed by atoms with Gasteiger partial charge in [-0.1, -0.05) is 6.07 Å². The lowest BCUT2D eigenvalue weighted by Gasteiger charge is -2.16. The summed E-state index contributed by atoms with van der Waals surface area (Å²) in [5.41, 5.74) is 5.47. The second kappa shape index (κ2) is 8.42. The number of hydrogen-bond acceptors (Lipinski definition) is 4. The van der Waals surface area contributed by atoms with Gasteiger partial charge >= 0.3 is 0 Å². The zero-order chi connectivity index (χ0) is 22.8. The number of fused-ring (bicyclic) bond motifs is 1. The molecule has 0 radical (unpaired) electrons. The van der Waals surface area contributed by atoms with E-state index >= 15 is 0 Å². The number of ether oxygens (including phenoxy) is 1. The number of H-pyrrole nitrogens is 1. The highest BCUT2D eigenvalue weighted by Gasteiger charge is 2.28. The van der Waals surface area contributed by atoms with Gasteiger partial charge in [0.25, 0.3) is 0 Å². The lowest BCUT2D eigenvalue weighted by atomic mass is 9.97. The summed E-state index contributed by atoms with van der Waals surface area (Å²) in [7, 11) is 0. The van der Waals surface area contributed by atoms with E-state index in [1.807, 2.05) is 0 Å². The molecule has 0 aliphatic carbocycles. The van der Waals surface area contributed by atoms with Crippen LogP contribution in [0.3, 0.4) is 0 Å². The van der Waals surface area contributed by atoms with E-state index in [0.717, 1.165) is 18.2 Å². The molecule has 0 aliphatic heterocycles. The molecule has 0 bridgehead atoms. The van der Waals surface area contributed by atoms with Gasteiger partial charge in [0.15, 0.2) is 11.6 Å². The van der Waals surface area contributed by atoms with Crippen LogP contribution in [0.15, 0.2) is 60.9 Å². The fourth-order valence-electron chi connectivity index (χ4n) is 3.16. The second-order valence-corrected chi connectivity index (χ2v) is 6.79. The lowest BCUT2D eigenvalue weighted by Crippen LogP contribution is -2.32. The third-order valence-corrected chi connectivity index (χ3v) is 4.67. The first-order valence-electron chi connectivity index (χ1n) is 9.28. The van der Waals surface area contributed by atoms with Crippen molar-refractivity contribution in [2.45, 2.75) is 5.92 Å². The van der Waals surface area contributed by atoms with Crippen molar-refractivity contribution < 1.29 is 27.5 Å². The Labute approximate surface area is 179 Å². The van der Waals surface area contributed by atoms with Crippen LogP contribution >= 0.6 is 0 Å². The minimum Gasteiger partial charge on any atom is -0.453 e. The predicted octanol–water partition coefficient (Wildman–Crippen LogP) is 3.98. The number of anilines is 1. The number of aromatic nitrogens is 2. The highest BCUT2D eigenvalue weighted by atomic mass is 19.1. The first-order chi connectivity index (χ1) is 15.3. The summed E-state index contributed by atoms with van der Waals surface area (Å²) < 4.78 is 47.3. The van der Waals surface area contributed by atoms with E-state index in [0.29, 0.717) is 22.8 Å². The van der Waals surface area contributed by atoms with Crippen LogP contribution < -0.4 is 15.8 Å². The second-order valence-electron chi connectivity index (χ2n) is 6.79. The van der Waals surface area contributed by atoms with E-state index in [-0.39, 0.29) is 17.0 Å². The van der Waals surface area contributed by atoms with Crippen molar-refractivity contribution in [3.63, 3.8) is 0 Å². The van der Waals surface area contributed by atoms with Crippen molar-refractivity contribution in [2.75, 3.05) is 5.32 Å². The van der Waals surface area contributed by atoms with Gasteiger partial charge in [0.1, 0.15) is 28.9 Å². The summed E-state index contributed by atoms with van der Waals surface area (Å²) in [5.74, 6) is -6.24. The minimum atomic E-state index is -1.62. The predicted molar refractivity (Wildman–Crippen MR) is 109 cm³/mol. The summed E-state index contributed by atoms with van der Waals surface area (Å²) in [6, 6.07) is 9.24. The van der Waals surface area contributed by atoms with Crippen LogP contribution in [-0.4, -0.2) is 21.8 Å². The zero-order valence-corrected chi connectivity index (χ0v) is 16.2. The smallest absolute Gasteiger partial charge is 0.241 e. The van der Waals surface area contributed by atoms with Gasteiger partial charge in [-0.25, -0.2) is 18.2 Å². The summed E-state index contributed by atoms with van der Waals surface area (Å²) in [6.07, 6.45) is 3.15. The molecule has 0 spiro atoms. The molecule has 0 fully saturated rings. The maximum Gasteiger partial charge on any atom is 0.241 e. The summed E-state index contributed by atoms with van der Waals surface area (Å²) in [5, 5.41) is 2.79.